The van der Waals surface area contributed by atoms with E-state index in [4.69, 9.17) is 4.74 Å². The Labute approximate surface area is 145 Å². The van der Waals surface area contributed by atoms with Gasteiger partial charge in [0, 0.05) is 11.9 Å². The second-order valence-electron chi connectivity index (χ2n) is 4.97. The molecule has 0 aliphatic carbocycles. The van der Waals surface area contributed by atoms with Gasteiger partial charge in [-0.3, -0.25) is 4.79 Å². The minimum absolute atomic E-state index is 0.0861. The van der Waals surface area contributed by atoms with Crippen LogP contribution in [0.25, 0.3) is 0 Å². The van der Waals surface area contributed by atoms with Crippen LogP contribution in [-0.4, -0.2) is 28.7 Å². The molecule has 6 heteroatoms. The van der Waals surface area contributed by atoms with Crippen molar-refractivity contribution in [2.24, 2.45) is 0 Å². The van der Waals surface area contributed by atoms with Gasteiger partial charge in [0.25, 0.3) is 0 Å². The fourth-order valence-electron chi connectivity index (χ4n) is 2.01. The van der Waals surface area contributed by atoms with Crippen LogP contribution in [0.2, 0.25) is 0 Å². The van der Waals surface area contributed by atoms with Crippen molar-refractivity contribution in [1.29, 1.82) is 0 Å². The lowest BCUT2D eigenvalue weighted by Gasteiger charge is -2.14. The highest BCUT2D eigenvalue weighted by atomic mass is 32.2. The summed E-state index contributed by atoms with van der Waals surface area (Å²) in [6.45, 7) is 4.06. The molecule has 1 aromatic heterocycles. The summed E-state index contributed by atoms with van der Waals surface area (Å²) in [7, 11) is 0. The monoisotopic (exact) mass is 344 g/mol. The van der Waals surface area contributed by atoms with E-state index in [9.17, 15) is 9.59 Å². The first-order chi connectivity index (χ1) is 11.6. The summed E-state index contributed by atoms with van der Waals surface area (Å²) >= 11 is 1.43. The summed E-state index contributed by atoms with van der Waals surface area (Å²) in [5.41, 5.74) is 1.11. The molecule has 0 aliphatic heterocycles. The van der Waals surface area contributed by atoms with Gasteiger partial charge in [0.05, 0.1) is 22.4 Å². The summed E-state index contributed by atoms with van der Waals surface area (Å²) in [6.07, 6.45) is 2.40. The standard InChI is InChI=1S/C18H20N2O3S/c1-3-15(24-16-7-5-6-12-19-16)17(21)20-14-10-8-13(9-11-14)18(22)23-4-2/h5-12,15H,3-4H2,1-2H3,(H,20,21)/t15-/m1/s1. The zero-order valence-electron chi connectivity index (χ0n) is 13.7. The van der Waals surface area contributed by atoms with Crippen molar-refractivity contribution in [2.75, 3.05) is 11.9 Å². The minimum Gasteiger partial charge on any atom is -0.462 e. The van der Waals surface area contributed by atoms with Crippen LogP contribution in [0.1, 0.15) is 30.6 Å². The highest BCUT2D eigenvalue weighted by Gasteiger charge is 2.18. The van der Waals surface area contributed by atoms with Crippen LogP contribution in [0.15, 0.2) is 53.7 Å². The number of carbonyl (C=O) groups is 2. The third-order valence-corrected chi connectivity index (χ3v) is 4.54. The van der Waals surface area contributed by atoms with Gasteiger partial charge in [0.2, 0.25) is 5.91 Å². The molecule has 1 heterocycles. The number of benzene rings is 1. The zero-order chi connectivity index (χ0) is 17.4. The van der Waals surface area contributed by atoms with E-state index in [-0.39, 0.29) is 17.1 Å². The SMILES string of the molecule is CCOC(=O)c1ccc(NC(=O)[C@@H](CC)Sc2ccccn2)cc1. The normalized spacial score (nSPS) is 11.6. The first-order valence-corrected chi connectivity index (χ1v) is 8.67. The number of hydrogen-bond acceptors (Lipinski definition) is 5. The summed E-state index contributed by atoms with van der Waals surface area (Å²) in [4.78, 5) is 28.3. The molecule has 0 radical (unpaired) electrons. The van der Waals surface area contributed by atoms with Crippen molar-refractivity contribution in [1.82, 2.24) is 4.98 Å². The number of pyridine rings is 1. The number of nitrogens with zero attached hydrogens (tertiary/aromatic N) is 1. The molecule has 0 fully saturated rings. The molecule has 2 rings (SSSR count). The molecular formula is C18H20N2O3S. The van der Waals surface area contributed by atoms with Crippen molar-refractivity contribution in [3.05, 3.63) is 54.2 Å². The fourth-order valence-corrected chi connectivity index (χ4v) is 2.91. The predicted molar refractivity (Wildman–Crippen MR) is 95.2 cm³/mol. The van der Waals surface area contributed by atoms with Gasteiger partial charge in [-0.15, -0.1) is 0 Å². The van der Waals surface area contributed by atoms with E-state index in [0.29, 0.717) is 24.3 Å². The highest BCUT2D eigenvalue weighted by molar-refractivity contribution is 8.00. The number of carbonyl (C=O) groups excluding carboxylic acids is 2. The molecule has 24 heavy (non-hydrogen) atoms. The second-order valence-corrected chi connectivity index (χ2v) is 6.19. The molecule has 0 saturated carbocycles. The number of rotatable bonds is 7. The van der Waals surface area contributed by atoms with Gasteiger partial charge in [0.1, 0.15) is 0 Å². The van der Waals surface area contributed by atoms with Crippen LogP contribution in [0.5, 0.6) is 0 Å². The van der Waals surface area contributed by atoms with Crippen molar-refractivity contribution in [3.8, 4) is 0 Å². The molecule has 1 amide bonds. The summed E-state index contributed by atoms with van der Waals surface area (Å²) in [6, 6.07) is 12.3. The Kier molecular flexibility index (Phi) is 6.81. The van der Waals surface area contributed by atoms with E-state index >= 15 is 0 Å². The van der Waals surface area contributed by atoms with Gasteiger partial charge in [-0.25, -0.2) is 9.78 Å². The van der Waals surface area contributed by atoms with Crippen molar-refractivity contribution < 1.29 is 14.3 Å². The molecular weight excluding hydrogens is 324 g/mol. The Bertz CT molecular complexity index is 674. The molecule has 0 spiro atoms. The fraction of sp³-hybridized carbons (Fsp3) is 0.278. The lowest BCUT2D eigenvalue weighted by molar-refractivity contribution is -0.115. The van der Waals surface area contributed by atoms with Gasteiger partial charge in [-0.2, -0.15) is 0 Å². The first kappa shape index (κ1) is 18.0. The molecule has 2 aromatic rings. The Morgan fingerprint density at radius 3 is 2.50 bits per heavy atom. The number of nitrogens with one attached hydrogen (secondary N) is 1. The third-order valence-electron chi connectivity index (χ3n) is 3.23. The summed E-state index contributed by atoms with van der Waals surface area (Å²) < 4.78 is 4.93. The van der Waals surface area contributed by atoms with Crippen LogP contribution < -0.4 is 5.32 Å². The predicted octanol–water partition coefficient (Wildman–Crippen LogP) is 3.77. The third kappa shape index (κ3) is 5.09. The molecule has 0 saturated heterocycles. The average Bonchev–Trinajstić information content (AvgIpc) is 2.61. The maximum Gasteiger partial charge on any atom is 0.338 e. The van der Waals surface area contributed by atoms with Crippen LogP contribution in [0.3, 0.4) is 0 Å². The van der Waals surface area contributed by atoms with Gasteiger partial charge >= 0.3 is 5.97 Å². The second kappa shape index (κ2) is 9.08. The van der Waals surface area contributed by atoms with E-state index in [1.165, 1.54) is 11.8 Å². The van der Waals surface area contributed by atoms with Crippen molar-refractivity contribution in [2.45, 2.75) is 30.5 Å². The van der Waals surface area contributed by atoms with Gasteiger partial charge in [-0.05, 0) is 49.7 Å². The summed E-state index contributed by atoms with van der Waals surface area (Å²) in [5.74, 6) is -0.454. The number of aromatic nitrogens is 1. The molecule has 1 atom stereocenters. The van der Waals surface area contributed by atoms with Gasteiger partial charge in [0.15, 0.2) is 0 Å². The Morgan fingerprint density at radius 2 is 1.92 bits per heavy atom. The molecule has 1 N–H and O–H groups in total. The highest BCUT2D eigenvalue weighted by Crippen LogP contribution is 2.24. The Morgan fingerprint density at radius 1 is 1.17 bits per heavy atom. The number of anilines is 1. The zero-order valence-corrected chi connectivity index (χ0v) is 14.5. The lowest BCUT2D eigenvalue weighted by atomic mass is 10.2. The van der Waals surface area contributed by atoms with Crippen LogP contribution in [0.4, 0.5) is 5.69 Å². The van der Waals surface area contributed by atoms with Crippen molar-refractivity contribution >= 4 is 29.3 Å². The number of hydrogen-bond donors (Lipinski definition) is 1. The molecule has 126 valence electrons. The number of ether oxygens (including phenoxy) is 1. The van der Waals surface area contributed by atoms with E-state index < -0.39 is 0 Å². The van der Waals surface area contributed by atoms with Gasteiger partial charge in [-0.1, -0.05) is 24.8 Å². The minimum atomic E-state index is -0.368. The number of thioether (sulfide) groups is 1. The number of amides is 1. The Balaban J connectivity index is 1.98. The Hall–Kier alpha value is -2.34. The molecule has 0 bridgehead atoms. The first-order valence-electron chi connectivity index (χ1n) is 7.79. The molecule has 0 aliphatic rings. The largest absolute Gasteiger partial charge is 0.462 e. The topological polar surface area (TPSA) is 68.3 Å². The van der Waals surface area contributed by atoms with Crippen LogP contribution >= 0.6 is 11.8 Å². The number of esters is 1. The van der Waals surface area contributed by atoms with Crippen LogP contribution in [0, 0.1) is 0 Å². The maximum absolute atomic E-state index is 12.4. The molecule has 0 unspecified atom stereocenters. The van der Waals surface area contributed by atoms with Crippen LogP contribution in [-0.2, 0) is 9.53 Å². The maximum atomic E-state index is 12.4. The van der Waals surface area contributed by atoms with E-state index in [1.807, 2.05) is 25.1 Å². The molecule has 5 nitrogen and oxygen atoms in total. The van der Waals surface area contributed by atoms with E-state index in [0.717, 1.165) is 5.03 Å². The molecule has 1 aromatic carbocycles. The van der Waals surface area contributed by atoms with E-state index in [2.05, 4.69) is 10.3 Å². The van der Waals surface area contributed by atoms with Gasteiger partial charge < -0.3 is 10.1 Å². The van der Waals surface area contributed by atoms with Crippen molar-refractivity contribution in [3.63, 3.8) is 0 Å². The quantitative estimate of drug-likeness (QED) is 0.612. The average molecular weight is 344 g/mol. The summed E-state index contributed by atoms with van der Waals surface area (Å²) in [5, 5.41) is 3.46. The smallest absolute Gasteiger partial charge is 0.338 e. The van der Waals surface area contributed by atoms with E-state index in [1.54, 1.807) is 37.4 Å². The lowest BCUT2D eigenvalue weighted by Crippen LogP contribution is -2.24.